The number of aromatic nitrogens is 4. The van der Waals surface area contributed by atoms with Gasteiger partial charge in [-0.25, -0.2) is 9.97 Å². The molecule has 12 aromatic carbocycles. The number of benzene rings is 12. The number of rotatable bonds is 16. The van der Waals surface area contributed by atoms with Crippen LogP contribution in [-0.4, -0.2) is 19.9 Å². The van der Waals surface area contributed by atoms with Gasteiger partial charge in [-0.05, 0) is 272 Å². The molecule has 0 fully saturated rings. The zero-order valence-corrected chi connectivity index (χ0v) is 62.0. The first-order valence-electron chi connectivity index (χ1n) is 37.1. The highest BCUT2D eigenvalue weighted by Gasteiger charge is 2.24. The van der Waals surface area contributed by atoms with E-state index < -0.39 is 0 Å². The SMILES string of the molecule is Cc1ccc(N(c2ccc(C)cc2)c2ccc(-c3c4nc(c(-c5ccc(N(c6ccc(C)cc6)c6ccc(C)cc6)cc5)c5ccc([nH]5)c(-c5ccc(N(c6ccc(C)cc6)c6ccc(C)cc6)cc5)c5nc(c(-c6ccc(N(c7ccc(C)cc7)c7ccc(C)cc7)cc6)c6ccc3[nH]6)C=C5)C=C4)cc2)cc1. The fourth-order valence-corrected chi connectivity index (χ4v) is 14.9. The van der Waals surface area contributed by atoms with E-state index in [1.165, 1.54) is 44.5 Å². The Bertz CT molecular complexity index is 5110. The second kappa shape index (κ2) is 28.8. The molecule has 0 saturated heterocycles. The molecule has 8 heteroatoms. The Kier molecular flexibility index (Phi) is 18.0. The highest BCUT2D eigenvalue weighted by molar-refractivity contribution is 6.01. The topological polar surface area (TPSA) is 70.3 Å². The molecule has 522 valence electrons. The van der Waals surface area contributed by atoms with Gasteiger partial charge in [0.05, 0.1) is 22.8 Å². The van der Waals surface area contributed by atoms with Gasteiger partial charge in [0, 0.05) is 113 Å². The normalized spacial score (nSPS) is 11.6. The van der Waals surface area contributed by atoms with Crippen LogP contribution in [0.2, 0.25) is 0 Å². The minimum absolute atomic E-state index is 0.822. The fraction of sp³-hybridized carbons (Fsp3) is 0.0800. The van der Waals surface area contributed by atoms with E-state index in [-0.39, 0.29) is 0 Å². The van der Waals surface area contributed by atoms with E-state index in [1.54, 1.807) is 0 Å². The molecule has 3 aromatic heterocycles. The number of H-pyrrole nitrogens is 2. The highest BCUT2D eigenvalue weighted by Crippen LogP contribution is 2.45. The predicted octanol–water partition coefficient (Wildman–Crippen LogP) is 27.7. The van der Waals surface area contributed by atoms with Gasteiger partial charge >= 0.3 is 0 Å². The van der Waals surface area contributed by atoms with Crippen LogP contribution >= 0.6 is 0 Å². The molecular formula is C100H82N8. The van der Waals surface area contributed by atoms with E-state index in [0.717, 1.165) is 158 Å². The first-order chi connectivity index (χ1) is 52.7. The van der Waals surface area contributed by atoms with Gasteiger partial charge in [0.15, 0.2) is 0 Å². The van der Waals surface area contributed by atoms with Gasteiger partial charge in [-0.3, -0.25) is 0 Å². The van der Waals surface area contributed by atoms with E-state index in [0.29, 0.717) is 0 Å². The van der Waals surface area contributed by atoms with Crippen LogP contribution in [0.1, 0.15) is 67.3 Å². The maximum Gasteiger partial charge on any atom is 0.0737 e. The molecule has 8 nitrogen and oxygen atoms in total. The smallest absolute Gasteiger partial charge is 0.0737 e. The third-order valence-electron chi connectivity index (χ3n) is 20.7. The summed E-state index contributed by atoms with van der Waals surface area (Å²) in [6.45, 7) is 17.1. The Morgan fingerprint density at radius 2 is 0.296 bits per heavy atom. The van der Waals surface area contributed by atoms with Gasteiger partial charge < -0.3 is 29.6 Å². The number of aryl methyl sites for hydroxylation is 8. The van der Waals surface area contributed by atoms with Crippen LogP contribution in [0.3, 0.4) is 0 Å². The third-order valence-corrected chi connectivity index (χ3v) is 20.7. The average molecular weight is 1400 g/mol. The van der Waals surface area contributed by atoms with Gasteiger partial charge in [-0.1, -0.05) is 190 Å². The summed E-state index contributed by atoms with van der Waals surface area (Å²) in [5.74, 6) is 0. The minimum Gasteiger partial charge on any atom is -0.354 e. The van der Waals surface area contributed by atoms with Crippen LogP contribution in [0.25, 0.3) is 90.9 Å². The number of aromatic amines is 2. The van der Waals surface area contributed by atoms with E-state index in [4.69, 9.17) is 9.97 Å². The number of fused-ring (bicyclic) bond motifs is 8. The summed E-state index contributed by atoms with van der Waals surface area (Å²) in [6, 6.07) is 115. The maximum atomic E-state index is 5.83. The quantitative estimate of drug-likeness (QED) is 0.100. The second-order valence-electron chi connectivity index (χ2n) is 28.7. The van der Waals surface area contributed by atoms with Gasteiger partial charge in [0.1, 0.15) is 0 Å². The number of hydrogen-bond donors (Lipinski definition) is 2. The Balaban J connectivity index is 0.902. The van der Waals surface area contributed by atoms with Crippen LogP contribution < -0.4 is 19.6 Å². The molecule has 0 saturated carbocycles. The molecule has 0 unspecified atom stereocenters. The van der Waals surface area contributed by atoms with Crippen LogP contribution in [0.15, 0.2) is 315 Å². The van der Waals surface area contributed by atoms with Crippen molar-refractivity contribution < 1.29 is 0 Å². The first-order valence-corrected chi connectivity index (χ1v) is 37.1. The van der Waals surface area contributed by atoms with Gasteiger partial charge in [0.2, 0.25) is 0 Å². The van der Waals surface area contributed by atoms with Crippen molar-refractivity contribution >= 4 is 115 Å². The van der Waals surface area contributed by atoms with E-state index >= 15 is 0 Å². The molecule has 8 bridgehead atoms. The molecule has 2 aliphatic rings. The summed E-state index contributed by atoms with van der Waals surface area (Å²) in [7, 11) is 0. The van der Waals surface area contributed by atoms with Gasteiger partial charge in [0.25, 0.3) is 0 Å². The summed E-state index contributed by atoms with van der Waals surface area (Å²) >= 11 is 0. The molecule has 17 rings (SSSR count). The molecular weight excluding hydrogens is 1310 g/mol. The number of nitrogens with zero attached hydrogens (tertiary/aromatic N) is 6. The van der Waals surface area contributed by atoms with Crippen LogP contribution in [0.4, 0.5) is 68.2 Å². The zero-order chi connectivity index (χ0) is 73.5. The van der Waals surface area contributed by atoms with Crippen molar-refractivity contribution in [1.29, 1.82) is 0 Å². The Labute approximate surface area is 632 Å². The lowest BCUT2D eigenvalue weighted by Crippen LogP contribution is -2.09. The standard InChI is InChI=1S/C100H82N8/c1-65-9-33-77(34-10-65)105(78-35-11-66(2)12-36-78)85-49-25-73(26-50-85)97-89-57-59-91(101-89)98(74-27-51-86(52-28-74)106(79-37-13-67(3)14-38-79)80-39-15-68(4)16-40-80)93-61-63-95(103-93)100(76-31-55-88(56-32-76)108(83-45-21-71(7)22-46-83)84-47-23-72(8)24-48-84)96-64-62-94(104-96)99(92-60-58-90(97)102-92)75-29-53-87(54-30-75)107(81-41-17-69(5)18-42-81)82-43-19-70(6)20-44-82/h9-64,101,104H,1-8H3. The first kappa shape index (κ1) is 67.6. The van der Waals surface area contributed by atoms with Crippen molar-refractivity contribution in [2.75, 3.05) is 19.6 Å². The highest BCUT2D eigenvalue weighted by atomic mass is 15.2. The molecule has 0 amide bonds. The van der Waals surface area contributed by atoms with Crippen molar-refractivity contribution in [3.05, 3.63) is 383 Å². The number of anilines is 12. The fourth-order valence-electron chi connectivity index (χ4n) is 14.9. The summed E-state index contributed by atoms with van der Waals surface area (Å²) in [4.78, 5) is 29.1. The molecule has 108 heavy (non-hydrogen) atoms. The molecule has 15 aromatic rings. The van der Waals surface area contributed by atoms with Crippen molar-refractivity contribution in [3.8, 4) is 44.5 Å². The Hall–Kier alpha value is -13.6. The van der Waals surface area contributed by atoms with Crippen LogP contribution in [-0.2, 0) is 0 Å². The molecule has 0 atom stereocenters. The Morgan fingerprint density at radius 3 is 0.435 bits per heavy atom. The van der Waals surface area contributed by atoms with Crippen molar-refractivity contribution in [1.82, 2.24) is 19.9 Å². The van der Waals surface area contributed by atoms with Crippen LogP contribution in [0, 0.1) is 55.4 Å². The van der Waals surface area contributed by atoms with Crippen molar-refractivity contribution in [2.45, 2.75) is 55.4 Å². The predicted molar refractivity (Wildman–Crippen MR) is 457 cm³/mol. The number of nitrogens with one attached hydrogen (secondary N) is 2. The molecule has 0 aliphatic carbocycles. The minimum atomic E-state index is 0.822. The molecule has 0 radical (unpaired) electrons. The zero-order valence-electron chi connectivity index (χ0n) is 62.0. The van der Waals surface area contributed by atoms with Crippen LogP contribution in [0.5, 0.6) is 0 Å². The van der Waals surface area contributed by atoms with E-state index in [2.05, 4.69) is 425 Å². The lowest BCUT2D eigenvalue weighted by molar-refractivity contribution is 1.26. The lowest BCUT2D eigenvalue weighted by Gasteiger charge is -2.26. The van der Waals surface area contributed by atoms with E-state index in [1.807, 2.05) is 0 Å². The summed E-state index contributed by atoms with van der Waals surface area (Å²) in [5.41, 5.74) is 37.2. The second-order valence-corrected chi connectivity index (χ2v) is 28.7. The monoisotopic (exact) mass is 1390 g/mol. The molecule has 5 heterocycles. The van der Waals surface area contributed by atoms with Crippen molar-refractivity contribution in [2.24, 2.45) is 0 Å². The summed E-state index contributed by atoms with van der Waals surface area (Å²) < 4.78 is 0. The number of hydrogen-bond acceptors (Lipinski definition) is 6. The summed E-state index contributed by atoms with van der Waals surface area (Å²) in [6.07, 6.45) is 8.76. The average Bonchev–Trinajstić information content (AvgIpc) is 1.57. The lowest BCUT2D eigenvalue weighted by atomic mass is 10.0. The molecule has 2 N–H and O–H groups in total. The molecule has 0 spiro atoms. The molecule has 2 aliphatic heterocycles. The maximum absolute atomic E-state index is 5.83. The Morgan fingerprint density at radius 1 is 0.167 bits per heavy atom. The van der Waals surface area contributed by atoms with Gasteiger partial charge in [-0.2, -0.15) is 0 Å². The summed E-state index contributed by atoms with van der Waals surface area (Å²) in [5, 5.41) is 0. The largest absolute Gasteiger partial charge is 0.354 e. The van der Waals surface area contributed by atoms with Crippen molar-refractivity contribution in [3.63, 3.8) is 0 Å². The van der Waals surface area contributed by atoms with E-state index in [9.17, 15) is 0 Å². The third kappa shape index (κ3) is 13.6. The van der Waals surface area contributed by atoms with Gasteiger partial charge in [-0.15, -0.1) is 0 Å².